The first-order valence-electron chi connectivity index (χ1n) is 9.50. The van der Waals surface area contributed by atoms with E-state index in [2.05, 4.69) is 15.6 Å². The van der Waals surface area contributed by atoms with Gasteiger partial charge in [0.1, 0.15) is 10.8 Å². The van der Waals surface area contributed by atoms with Crippen molar-refractivity contribution in [2.24, 2.45) is 7.05 Å². The number of pyridine rings is 1. The molecule has 0 unspecified atom stereocenters. The van der Waals surface area contributed by atoms with E-state index in [4.69, 9.17) is 4.74 Å². The number of urea groups is 1. The Labute approximate surface area is 182 Å². The van der Waals surface area contributed by atoms with Crippen molar-refractivity contribution in [3.8, 4) is 16.3 Å². The number of aromatic hydroxyl groups is 1. The molecule has 0 bridgehead atoms. The van der Waals surface area contributed by atoms with Crippen LogP contribution in [-0.4, -0.2) is 33.3 Å². The second-order valence-corrected chi connectivity index (χ2v) is 7.51. The molecular formula is C21H22N4O5S. The fraction of sp³-hybridized carbons (Fsp3) is 0.238. The van der Waals surface area contributed by atoms with E-state index in [1.54, 1.807) is 19.2 Å². The average molecular weight is 442 g/mol. The quantitative estimate of drug-likeness (QED) is 0.484. The predicted molar refractivity (Wildman–Crippen MR) is 117 cm³/mol. The van der Waals surface area contributed by atoms with Gasteiger partial charge < -0.3 is 25.0 Å². The summed E-state index contributed by atoms with van der Waals surface area (Å²) in [6.45, 7) is 1.91. The third kappa shape index (κ3) is 5.48. The Morgan fingerprint density at radius 3 is 2.84 bits per heavy atom. The van der Waals surface area contributed by atoms with Gasteiger partial charge >= 0.3 is 12.0 Å². The molecule has 0 radical (unpaired) electrons. The minimum atomic E-state index is -0.743. The summed E-state index contributed by atoms with van der Waals surface area (Å²) in [6.07, 6.45) is 2.97. The number of thiazole rings is 1. The lowest BCUT2D eigenvalue weighted by Crippen LogP contribution is -2.36. The van der Waals surface area contributed by atoms with Crippen molar-refractivity contribution in [2.45, 2.75) is 19.4 Å². The van der Waals surface area contributed by atoms with Crippen LogP contribution in [0.2, 0.25) is 0 Å². The van der Waals surface area contributed by atoms with Crippen molar-refractivity contribution in [2.75, 3.05) is 11.9 Å². The van der Waals surface area contributed by atoms with Gasteiger partial charge in [-0.05, 0) is 24.6 Å². The second kappa shape index (κ2) is 9.90. The van der Waals surface area contributed by atoms with Crippen LogP contribution in [0.1, 0.15) is 24.9 Å². The Morgan fingerprint density at radius 1 is 1.32 bits per heavy atom. The second-order valence-electron chi connectivity index (χ2n) is 6.61. The first-order chi connectivity index (χ1) is 14.9. The molecule has 0 aliphatic heterocycles. The van der Waals surface area contributed by atoms with Gasteiger partial charge in [-0.1, -0.05) is 18.2 Å². The lowest BCUT2D eigenvalue weighted by atomic mass is 10.0. The van der Waals surface area contributed by atoms with Gasteiger partial charge in [0.25, 0.3) is 5.56 Å². The number of carbonyl (C=O) groups excluding carboxylic acids is 2. The third-order valence-corrected chi connectivity index (χ3v) is 5.26. The SMILES string of the molecule is CCOC(=O)C[C@H](NC(=O)Nc1c(O)ccn(C)c1=O)c1cccc(-c2nccs2)c1. The molecule has 3 N–H and O–H groups in total. The Morgan fingerprint density at radius 2 is 2.13 bits per heavy atom. The Bertz CT molecular complexity index is 1130. The molecule has 31 heavy (non-hydrogen) atoms. The van der Waals surface area contributed by atoms with E-state index in [-0.39, 0.29) is 24.5 Å². The Kier molecular flexibility index (Phi) is 7.03. The molecule has 10 heteroatoms. The molecule has 1 atom stereocenters. The van der Waals surface area contributed by atoms with E-state index < -0.39 is 23.6 Å². The molecule has 3 aromatic rings. The highest BCUT2D eigenvalue weighted by atomic mass is 32.1. The number of rotatable bonds is 7. The number of hydrogen-bond donors (Lipinski definition) is 3. The zero-order valence-electron chi connectivity index (χ0n) is 17.0. The van der Waals surface area contributed by atoms with Crippen molar-refractivity contribution < 1.29 is 19.4 Å². The van der Waals surface area contributed by atoms with Gasteiger partial charge in [-0.15, -0.1) is 11.3 Å². The summed E-state index contributed by atoms with van der Waals surface area (Å²) < 4.78 is 6.26. The number of aryl methyl sites for hydroxylation is 1. The molecule has 2 amide bonds. The van der Waals surface area contributed by atoms with Gasteiger partial charge in [-0.3, -0.25) is 9.59 Å². The Hall–Kier alpha value is -3.66. The zero-order chi connectivity index (χ0) is 22.4. The van der Waals surface area contributed by atoms with Gasteiger partial charge in [-0.25, -0.2) is 9.78 Å². The number of amides is 2. The summed E-state index contributed by atoms with van der Waals surface area (Å²) in [5.74, 6) is -0.836. The number of hydrogen-bond acceptors (Lipinski definition) is 7. The third-order valence-electron chi connectivity index (χ3n) is 4.43. The number of nitrogens with one attached hydrogen (secondary N) is 2. The van der Waals surface area contributed by atoms with E-state index in [0.29, 0.717) is 5.56 Å². The molecule has 0 saturated heterocycles. The van der Waals surface area contributed by atoms with Crippen LogP contribution in [0.5, 0.6) is 5.75 Å². The minimum absolute atomic E-state index is 0.110. The molecular weight excluding hydrogens is 420 g/mol. The van der Waals surface area contributed by atoms with E-state index >= 15 is 0 Å². The highest BCUT2D eigenvalue weighted by Gasteiger charge is 2.21. The molecule has 1 aromatic carbocycles. The van der Waals surface area contributed by atoms with Crippen molar-refractivity contribution in [3.05, 3.63) is 64.0 Å². The van der Waals surface area contributed by atoms with Crippen LogP contribution in [0.4, 0.5) is 10.5 Å². The highest BCUT2D eigenvalue weighted by Crippen LogP contribution is 2.27. The largest absolute Gasteiger partial charge is 0.505 e. The van der Waals surface area contributed by atoms with Crippen molar-refractivity contribution in [3.63, 3.8) is 0 Å². The maximum Gasteiger partial charge on any atom is 0.319 e. The fourth-order valence-electron chi connectivity index (χ4n) is 2.94. The number of esters is 1. The van der Waals surface area contributed by atoms with E-state index in [1.165, 1.54) is 35.2 Å². The first-order valence-corrected chi connectivity index (χ1v) is 10.4. The van der Waals surface area contributed by atoms with Crippen LogP contribution in [0.3, 0.4) is 0 Å². The molecule has 2 heterocycles. The minimum Gasteiger partial charge on any atom is -0.505 e. The monoisotopic (exact) mass is 442 g/mol. The topological polar surface area (TPSA) is 123 Å². The molecule has 0 spiro atoms. The number of benzene rings is 1. The number of ether oxygens (including phenoxy) is 1. The van der Waals surface area contributed by atoms with Crippen LogP contribution in [0.25, 0.3) is 10.6 Å². The normalized spacial score (nSPS) is 11.5. The molecule has 0 fully saturated rings. The molecule has 0 aliphatic rings. The lowest BCUT2D eigenvalue weighted by Gasteiger charge is -2.19. The van der Waals surface area contributed by atoms with Gasteiger partial charge in [0.2, 0.25) is 0 Å². The van der Waals surface area contributed by atoms with Crippen LogP contribution < -0.4 is 16.2 Å². The number of carbonyl (C=O) groups is 2. The smallest absolute Gasteiger partial charge is 0.319 e. The summed E-state index contributed by atoms with van der Waals surface area (Å²) in [7, 11) is 1.50. The zero-order valence-corrected chi connectivity index (χ0v) is 17.8. The number of nitrogens with zero attached hydrogens (tertiary/aromatic N) is 2. The van der Waals surface area contributed by atoms with Gasteiger partial charge in [0.15, 0.2) is 5.69 Å². The standard InChI is InChI=1S/C21H22N4O5S/c1-3-30-17(27)12-15(13-5-4-6-14(11-13)19-22-8-10-31-19)23-21(29)24-18-16(26)7-9-25(2)20(18)28/h4-11,15,26H,3,12H2,1-2H3,(H2,23,24,29)/t15-/m0/s1. The van der Waals surface area contributed by atoms with Gasteiger partial charge in [0, 0.05) is 30.4 Å². The predicted octanol–water partition coefficient (Wildman–Crippen LogP) is 3.03. The molecule has 0 aliphatic carbocycles. The molecule has 0 saturated carbocycles. The van der Waals surface area contributed by atoms with Crippen LogP contribution in [0, 0.1) is 0 Å². The van der Waals surface area contributed by atoms with Crippen LogP contribution in [-0.2, 0) is 16.6 Å². The lowest BCUT2D eigenvalue weighted by molar-refractivity contribution is -0.143. The van der Waals surface area contributed by atoms with E-state index in [0.717, 1.165) is 10.6 Å². The average Bonchev–Trinajstić information content (AvgIpc) is 3.29. The summed E-state index contributed by atoms with van der Waals surface area (Å²) in [4.78, 5) is 41.2. The van der Waals surface area contributed by atoms with Crippen LogP contribution >= 0.6 is 11.3 Å². The maximum atomic E-state index is 12.6. The van der Waals surface area contributed by atoms with E-state index in [1.807, 2.05) is 23.6 Å². The first kappa shape index (κ1) is 22.0. The van der Waals surface area contributed by atoms with E-state index in [9.17, 15) is 19.5 Å². The summed E-state index contributed by atoms with van der Waals surface area (Å²) >= 11 is 1.47. The van der Waals surface area contributed by atoms with Crippen LogP contribution in [0.15, 0.2) is 52.9 Å². The Balaban J connectivity index is 1.85. The van der Waals surface area contributed by atoms with Gasteiger partial charge in [-0.2, -0.15) is 0 Å². The number of anilines is 1. The highest BCUT2D eigenvalue weighted by molar-refractivity contribution is 7.13. The van der Waals surface area contributed by atoms with Crippen molar-refractivity contribution >= 4 is 29.0 Å². The van der Waals surface area contributed by atoms with Gasteiger partial charge in [0.05, 0.1) is 19.1 Å². The molecule has 9 nitrogen and oxygen atoms in total. The summed E-state index contributed by atoms with van der Waals surface area (Å²) in [5, 5.41) is 17.7. The summed E-state index contributed by atoms with van der Waals surface area (Å²) in [5.41, 5.74) is 0.691. The van der Waals surface area contributed by atoms with Crippen molar-refractivity contribution in [1.29, 1.82) is 0 Å². The fourth-order valence-corrected chi connectivity index (χ4v) is 3.57. The molecule has 3 rings (SSSR count). The molecule has 162 valence electrons. The molecule has 2 aromatic heterocycles. The number of aromatic nitrogens is 2. The maximum absolute atomic E-state index is 12.6. The summed E-state index contributed by atoms with van der Waals surface area (Å²) in [6, 6.07) is 7.13. The van der Waals surface area contributed by atoms with Crippen molar-refractivity contribution in [1.82, 2.24) is 14.9 Å².